The molecule has 1 aromatic carbocycles. The van der Waals surface area contributed by atoms with Crippen LogP contribution in [0.25, 0.3) is 10.9 Å². The lowest BCUT2D eigenvalue weighted by Gasteiger charge is -2.30. The lowest BCUT2D eigenvalue weighted by molar-refractivity contribution is -0.116. The van der Waals surface area contributed by atoms with Gasteiger partial charge < -0.3 is 5.32 Å². The van der Waals surface area contributed by atoms with E-state index in [1.165, 1.54) is 35.1 Å². The zero-order valence-electron chi connectivity index (χ0n) is 16.8. The number of hydrogen-bond donors (Lipinski definition) is 1. The van der Waals surface area contributed by atoms with Crippen LogP contribution in [-0.4, -0.2) is 38.4 Å². The van der Waals surface area contributed by atoms with Gasteiger partial charge in [-0.2, -0.15) is 0 Å². The number of carbonyl (C=O) groups excluding carboxylic acids is 1. The number of aromatic nitrogens is 3. The van der Waals surface area contributed by atoms with Gasteiger partial charge in [-0.05, 0) is 43.5 Å². The van der Waals surface area contributed by atoms with E-state index in [9.17, 15) is 9.59 Å². The highest BCUT2D eigenvalue weighted by atomic mass is 79.9. The van der Waals surface area contributed by atoms with Crippen LogP contribution in [0.4, 0.5) is 5.13 Å². The molecule has 1 atom stereocenters. The first-order chi connectivity index (χ1) is 14.5. The zero-order chi connectivity index (χ0) is 21.1. The number of nitrogens with one attached hydrogen (secondary N) is 1. The molecule has 2 aromatic heterocycles. The van der Waals surface area contributed by atoms with Crippen molar-refractivity contribution in [3.63, 3.8) is 0 Å². The van der Waals surface area contributed by atoms with E-state index in [1.807, 2.05) is 11.4 Å². The maximum Gasteiger partial charge on any atom is 0.261 e. The van der Waals surface area contributed by atoms with Gasteiger partial charge in [0.2, 0.25) is 5.91 Å². The third kappa shape index (κ3) is 5.14. The Labute approximate surface area is 187 Å². The minimum absolute atomic E-state index is 0.151. The molecule has 30 heavy (non-hydrogen) atoms. The molecule has 1 fully saturated rings. The minimum atomic E-state index is -0.163. The van der Waals surface area contributed by atoms with Crippen molar-refractivity contribution in [3.8, 4) is 0 Å². The van der Waals surface area contributed by atoms with Crippen LogP contribution in [0, 0.1) is 5.92 Å². The highest BCUT2D eigenvalue weighted by Gasteiger charge is 2.17. The van der Waals surface area contributed by atoms with Crippen LogP contribution in [-0.2, 0) is 17.9 Å². The molecular formula is C21H24BrN5O2S. The predicted molar refractivity (Wildman–Crippen MR) is 123 cm³/mol. The summed E-state index contributed by atoms with van der Waals surface area (Å²) in [7, 11) is 0. The molecule has 1 aliphatic rings. The van der Waals surface area contributed by atoms with Gasteiger partial charge in [0, 0.05) is 35.9 Å². The summed E-state index contributed by atoms with van der Waals surface area (Å²) in [5.41, 5.74) is 1.48. The zero-order valence-corrected chi connectivity index (χ0v) is 19.2. The van der Waals surface area contributed by atoms with Crippen molar-refractivity contribution in [1.29, 1.82) is 0 Å². The Morgan fingerprint density at radius 3 is 3.10 bits per heavy atom. The smallest absolute Gasteiger partial charge is 0.261 e. The molecule has 1 saturated heterocycles. The summed E-state index contributed by atoms with van der Waals surface area (Å²) in [6, 6.07) is 5.39. The molecule has 0 spiro atoms. The van der Waals surface area contributed by atoms with Gasteiger partial charge in [0.15, 0.2) is 5.13 Å². The first-order valence-corrected chi connectivity index (χ1v) is 11.8. The Bertz CT molecular complexity index is 1110. The monoisotopic (exact) mass is 489 g/mol. The number of piperidine rings is 1. The van der Waals surface area contributed by atoms with E-state index in [-0.39, 0.29) is 24.4 Å². The van der Waals surface area contributed by atoms with Crippen molar-refractivity contribution >= 4 is 49.2 Å². The summed E-state index contributed by atoms with van der Waals surface area (Å²) in [6.45, 7) is 5.58. The van der Waals surface area contributed by atoms with Crippen LogP contribution < -0.4 is 10.9 Å². The first kappa shape index (κ1) is 21.1. The molecule has 0 aliphatic carbocycles. The summed E-state index contributed by atoms with van der Waals surface area (Å²) in [5, 5.41) is 5.99. The van der Waals surface area contributed by atoms with Gasteiger partial charge in [-0.1, -0.05) is 22.9 Å². The van der Waals surface area contributed by atoms with Crippen LogP contribution in [0.1, 0.15) is 31.9 Å². The average molecular weight is 490 g/mol. The second kappa shape index (κ2) is 9.36. The van der Waals surface area contributed by atoms with Crippen molar-refractivity contribution in [3.05, 3.63) is 50.4 Å². The number of halogens is 1. The molecule has 1 unspecified atom stereocenters. The van der Waals surface area contributed by atoms with Crippen molar-refractivity contribution in [2.75, 3.05) is 18.4 Å². The van der Waals surface area contributed by atoms with E-state index in [0.29, 0.717) is 16.0 Å². The van der Waals surface area contributed by atoms with Crippen LogP contribution in [0.2, 0.25) is 0 Å². The van der Waals surface area contributed by atoms with Gasteiger partial charge in [-0.3, -0.25) is 19.1 Å². The van der Waals surface area contributed by atoms with E-state index >= 15 is 0 Å². The topological polar surface area (TPSA) is 80.1 Å². The van der Waals surface area contributed by atoms with Gasteiger partial charge in [-0.25, -0.2) is 9.97 Å². The molecule has 3 aromatic rings. The largest absolute Gasteiger partial charge is 0.302 e. The van der Waals surface area contributed by atoms with E-state index in [0.717, 1.165) is 35.7 Å². The third-order valence-corrected chi connectivity index (χ3v) is 6.59. The van der Waals surface area contributed by atoms with Crippen molar-refractivity contribution in [2.45, 2.75) is 39.3 Å². The van der Waals surface area contributed by atoms with Gasteiger partial charge in [0.05, 0.1) is 22.9 Å². The van der Waals surface area contributed by atoms with E-state index in [2.05, 4.69) is 43.0 Å². The van der Waals surface area contributed by atoms with Crippen LogP contribution >= 0.6 is 27.3 Å². The number of likely N-dealkylation sites (tertiary alicyclic amines) is 1. The fourth-order valence-electron chi connectivity index (χ4n) is 3.79. The first-order valence-electron chi connectivity index (χ1n) is 10.1. The minimum Gasteiger partial charge on any atom is -0.302 e. The molecular weight excluding hydrogens is 466 g/mol. The number of rotatable bonds is 6. The Morgan fingerprint density at radius 2 is 2.27 bits per heavy atom. The number of aryl methyl sites for hydroxylation is 1. The summed E-state index contributed by atoms with van der Waals surface area (Å²) in [6.07, 6.45) is 4.20. The van der Waals surface area contributed by atoms with Gasteiger partial charge in [-0.15, -0.1) is 11.3 Å². The fraction of sp³-hybridized carbons (Fsp3) is 0.429. The number of anilines is 1. The van der Waals surface area contributed by atoms with Crippen LogP contribution in [0.5, 0.6) is 0 Å². The van der Waals surface area contributed by atoms with E-state index in [1.54, 1.807) is 12.1 Å². The molecule has 3 heterocycles. The van der Waals surface area contributed by atoms with Crippen molar-refractivity contribution < 1.29 is 4.79 Å². The second-order valence-corrected chi connectivity index (χ2v) is 9.60. The van der Waals surface area contributed by atoms with Gasteiger partial charge in [0.1, 0.15) is 0 Å². The number of benzene rings is 1. The highest BCUT2D eigenvalue weighted by molar-refractivity contribution is 9.10. The maximum absolute atomic E-state index is 12.6. The highest BCUT2D eigenvalue weighted by Crippen LogP contribution is 2.21. The number of amides is 1. The number of carbonyl (C=O) groups is 1. The van der Waals surface area contributed by atoms with Gasteiger partial charge >= 0.3 is 0 Å². The maximum atomic E-state index is 12.6. The lowest BCUT2D eigenvalue weighted by Crippen LogP contribution is -2.33. The predicted octanol–water partition coefficient (Wildman–Crippen LogP) is 3.88. The van der Waals surface area contributed by atoms with Crippen molar-refractivity contribution in [1.82, 2.24) is 19.4 Å². The third-order valence-electron chi connectivity index (χ3n) is 5.29. The molecule has 7 nitrogen and oxygen atoms in total. The molecule has 4 rings (SSSR count). The molecule has 0 saturated carbocycles. The molecule has 0 radical (unpaired) electrons. The molecule has 1 aliphatic heterocycles. The van der Waals surface area contributed by atoms with E-state index < -0.39 is 0 Å². The van der Waals surface area contributed by atoms with E-state index in [4.69, 9.17) is 0 Å². The van der Waals surface area contributed by atoms with Gasteiger partial charge in [0.25, 0.3) is 5.56 Å². The van der Waals surface area contributed by atoms with Crippen LogP contribution in [0.15, 0.2) is 39.2 Å². The number of thiazole rings is 1. The van der Waals surface area contributed by atoms with Crippen molar-refractivity contribution in [2.24, 2.45) is 5.92 Å². The molecule has 9 heteroatoms. The second-order valence-electron chi connectivity index (χ2n) is 7.83. The quantitative estimate of drug-likeness (QED) is 0.568. The molecule has 1 N–H and O–H groups in total. The number of nitrogens with zero attached hydrogens (tertiary/aromatic N) is 4. The standard InChI is InChI=1S/C21H24BrN5O2S/c1-14-3-2-7-26(10-14)11-16-12-30-21(24-16)25-19(28)6-8-27-13-23-18-5-4-15(22)9-17(18)20(27)29/h4-5,9,12-14H,2-3,6-8,10-11H2,1H3,(H,24,25,28). The molecule has 158 valence electrons. The Kier molecular flexibility index (Phi) is 6.60. The Hall–Kier alpha value is -2.10. The Morgan fingerprint density at radius 1 is 1.40 bits per heavy atom. The molecule has 1 amide bonds. The normalized spacial score (nSPS) is 17.3. The number of hydrogen-bond acceptors (Lipinski definition) is 6. The lowest BCUT2D eigenvalue weighted by atomic mass is 10.0. The summed E-state index contributed by atoms with van der Waals surface area (Å²) >= 11 is 4.82. The summed E-state index contributed by atoms with van der Waals surface area (Å²) in [4.78, 5) is 36.3. The summed E-state index contributed by atoms with van der Waals surface area (Å²) in [5.74, 6) is 0.564. The SMILES string of the molecule is CC1CCCN(Cc2csc(NC(=O)CCn3cnc4ccc(Br)cc4c3=O)n2)C1. The average Bonchev–Trinajstić information content (AvgIpc) is 3.14. The molecule has 0 bridgehead atoms. The Balaban J connectivity index is 1.33. The summed E-state index contributed by atoms with van der Waals surface area (Å²) < 4.78 is 2.29. The van der Waals surface area contributed by atoms with Crippen LogP contribution in [0.3, 0.4) is 0 Å². The number of fused-ring (bicyclic) bond motifs is 1. The fourth-order valence-corrected chi connectivity index (χ4v) is 4.87.